The molecule has 2 aliphatic rings. The molecule has 0 saturated carbocycles. The lowest BCUT2D eigenvalue weighted by molar-refractivity contribution is -0.151. The molecule has 2 heterocycles. The highest BCUT2D eigenvalue weighted by molar-refractivity contribution is 5.80. The fourth-order valence-corrected chi connectivity index (χ4v) is 3.99. The van der Waals surface area contributed by atoms with Gasteiger partial charge in [0, 0.05) is 37.8 Å². The summed E-state index contributed by atoms with van der Waals surface area (Å²) in [6.07, 6.45) is 3.27. The summed E-state index contributed by atoms with van der Waals surface area (Å²) in [4.78, 5) is 29.0. The van der Waals surface area contributed by atoms with E-state index in [-0.39, 0.29) is 23.7 Å². The summed E-state index contributed by atoms with van der Waals surface area (Å²) >= 11 is 0. The number of ether oxygens (including phenoxy) is 1. The van der Waals surface area contributed by atoms with E-state index in [9.17, 15) is 9.59 Å². The summed E-state index contributed by atoms with van der Waals surface area (Å²) in [5, 5.41) is 0. The SMILES string of the molecule is CCOC(=O)C1CCN(C(=O)C2CCN(c3ccc(C)cc3)CC2)CC1. The molecule has 3 rings (SSSR count). The highest BCUT2D eigenvalue weighted by atomic mass is 16.5. The standard InChI is InChI=1S/C21H30N2O3/c1-3-26-21(25)18-10-14-23(15-11-18)20(24)17-8-12-22(13-9-17)19-6-4-16(2)5-7-19/h4-7,17-18H,3,8-15H2,1-2H3. The molecule has 2 saturated heterocycles. The van der Waals surface area contributed by atoms with E-state index in [1.807, 2.05) is 11.8 Å². The Bertz CT molecular complexity index is 613. The molecule has 2 aliphatic heterocycles. The van der Waals surface area contributed by atoms with Crippen LogP contribution in [0, 0.1) is 18.8 Å². The maximum atomic E-state index is 12.8. The van der Waals surface area contributed by atoms with Gasteiger partial charge in [0.15, 0.2) is 0 Å². The minimum Gasteiger partial charge on any atom is -0.466 e. The fraction of sp³-hybridized carbons (Fsp3) is 0.619. The van der Waals surface area contributed by atoms with Crippen LogP contribution in [0.15, 0.2) is 24.3 Å². The Labute approximate surface area is 156 Å². The average Bonchev–Trinajstić information content (AvgIpc) is 2.68. The summed E-state index contributed by atoms with van der Waals surface area (Å²) in [5.41, 5.74) is 2.52. The molecule has 142 valence electrons. The van der Waals surface area contributed by atoms with Crippen molar-refractivity contribution in [2.24, 2.45) is 11.8 Å². The smallest absolute Gasteiger partial charge is 0.309 e. The molecule has 0 aromatic heterocycles. The summed E-state index contributed by atoms with van der Waals surface area (Å²) in [6, 6.07) is 8.61. The maximum Gasteiger partial charge on any atom is 0.309 e. The average molecular weight is 358 g/mol. The summed E-state index contributed by atoms with van der Waals surface area (Å²) in [5.74, 6) is 0.250. The highest BCUT2D eigenvalue weighted by Gasteiger charge is 2.33. The lowest BCUT2D eigenvalue weighted by Gasteiger charge is -2.37. The van der Waals surface area contributed by atoms with Crippen molar-refractivity contribution in [3.63, 3.8) is 0 Å². The van der Waals surface area contributed by atoms with Gasteiger partial charge in [0.05, 0.1) is 12.5 Å². The lowest BCUT2D eigenvalue weighted by Crippen LogP contribution is -2.46. The fourth-order valence-electron chi connectivity index (χ4n) is 3.99. The van der Waals surface area contributed by atoms with Crippen LogP contribution in [-0.2, 0) is 14.3 Å². The van der Waals surface area contributed by atoms with E-state index >= 15 is 0 Å². The monoisotopic (exact) mass is 358 g/mol. The number of aryl methyl sites for hydroxylation is 1. The van der Waals surface area contributed by atoms with Gasteiger partial charge in [-0.25, -0.2) is 0 Å². The number of hydrogen-bond acceptors (Lipinski definition) is 4. The summed E-state index contributed by atoms with van der Waals surface area (Å²) in [7, 11) is 0. The van der Waals surface area contributed by atoms with Crippen LogP contribution in [0.5, 0.6) is 0 Å². The molecule has 0 radical (unpaired) electrons. The molecule has 0 unspecified atom stereocenters. The van der Waals surface area contributed by atoms with Crippen LogP contribution in [0.25, 0.3) is 0 Å². The second kappa shape index (κ2) is 8.56. The lowest BCUT2D eigenvalue weighted by atomic mass is 9.92. The number of piperidine rings is 2. The zero-order valence-corrected chi connectivity index (χ0v) is 15.9. The van der Waals surface area contributed by atoms with E-state index in [0.717, 1.165) is 38.8 Å². The molecule has 0 atom stereocenters. The van der Waals surface area contributed by atoms with E-state index in [2.05, 4.69) is 36.1 Å². The minimum absolute atomic E-state index is 0.0395. The molecule has 0 spiro atoms. The molecule has 2 fully saturated rings. The number of carbonyl (C=O) groups is 2. The number of benzene rings is 1. The topological polar surface area (TPSA) is 49.9 Å². The number of esters is 1. The number of likely N-dealkylation sites (tertiary alicyclic amines) is 1. The first kappa shape index (κ1) is 18.7. The van der Waals surface area contributed by atoms with Crippen molar-refractivity contribution in [3.05, 3.63) is 29.8 Å². The maximum absolute atomic E-state index is 12.8. The zero-order chi connectivity index (χ0) is 18.5. The molecule has 5 heteroatoms. The van der Waals surface area contributed by atoms with Crippen molar-refractivity contribution in [3.8, 4) is 0 Å². The quantitative estimate of drug-likeness (QED) is 0.777. The number of carbonyl (C=O) groups excluding carboxylic acids is 2. The van der Waals surface area contributed by atoms with Crippen molar-refractivity contribution in [2.45, 2.75) is 39.5 Å². The van der Waals surface area contributed by atoms with Gasteiger partial charge in [-0.1, -0.05) is 17.7 Å². The Balaban J connectivity index is 1.47. The van der Waals surface area contributed by atoms with Crippen LogP contribution in [0.1, 0.15) is 38.2 Å². The molecular formula is C21H30N2O3. The van der Waals surface area contributed by atoms with Crippen LogP contribution in [0.2, 0.25) is 0 Å². The van der Waals surface area contributed by atoms with Gasteiger partial charge >= 0.3 is 5.97 Å². The molecule has 0 aliphatic carbocycles. The minimum atomic E-state index is -0.106. The number of rotatable bonds is 4. The number of amides is 1. The van der Waals surface area contributed by atoms with Crippen molar-refractivity contribution in [1.29, 1.82) is 0 Å². The molecule has 1 amide bonds. The van der Waals surface area contributed by atoms with Gasteiger partial charge in [0.25, 0.3) is 0 Å². The third-order valence-corrected chi connectivity index (χ3v) is 5.67. The first-order valence-corrected chi connectivity index (χ1v) is 9.85. The Morgan fingerprint density at radius 1 is 0.962 bits per heavy atom. The third-order valence-electron chi connectivity index (χ3n) is 5.67. The number of nitrogens with zero attached hydrogens (tertiary/aromatic N) is 2. The first-order valence-electron chi connectivity index (χ1n) is 9.85. The van der Waals surface area contributed by atoms with E-state index in [0.29, 0.717) is 19.7 Å². The third kappa shape index (κ3) is 4.37. The van der Waals surface area contributed by atoms with Crippen LogP contribution in [0.4, 0.5) is 5.69 Å². The summed E-state index contributed by atoms with van der Waals surface area (Å²) in [6.45, 7) is 7.58. The molecule has 1 aromatic rings. The Kier molecular flexibility index (Phi) is 6.17. The van der Waals surface area contributed by atoms with Gasteiger partial charge in [0.2, 0.25) is 5.91 Å². The molecule has 0 N–H and O–H groups in total. The van der Waals surface area contributed by atoms with Gasteiger partial charge in [-0.3, -0.25) is 9.59 Å². The number of anilines is 1. The molecule has 1 aromatic carbocycles. The molecular weight excluding hydrogens is 328 g/mol. The highest BCUT2D eigenvalue weighted by Crippen LogP contribution is 2.27. The first-order chi connectivity index (χ1) is 12.6. The van der Waals surface area contributed by atoms with Gasteiger partial charge in [-0.05, 0) is 51.7 Å². The molecule has 0 bridgehead atoms. The van der Waals surface area contributed by atoms with Crippen molar-refractivity contribution in [2.75, 3.05) is 37.7 Å². The zero-order valence-electron chi connectivity index (χ0n) is 15.9. The molecule has 26 heavy (non-hydrogen) atoms. The molecule has 5 nitrogen and oxygen atoms in total. The Hall–Kier alpha value is -2.04. The van der Waals surface area contributed by atoms with Crippen LogP contribution in [0.3, 0.4) is 0 Å². The van der Waals surface area contributed by atoms with Crippen LogP contribution < -0.4 is 4.90 Å². The predicted octanol–water partition coefficient (Wildman–Crippen LogP) is 3.01. The van der Waals surface area contributed by atoms with Crippen LogP contribution >= 0.6 is 0 Å². The Morgan fingerprint density at radius 2 is 1.54 bits per heavy atom. The van der Waals surface area contributed by atoms with Gasteiger partial charge < -0.3 is 14.5 Å². The predicted molar refractivity (Wildman–Crippen MR) is 102 cm³/mol. The van der Waals surface area contributed by atoms with Crippen molar-refractivity contribution >= 4 is 17.6 Å². The summed E-state index contributed by atoms with van der Waals surface area (Å²) < 4.78 is 5.11. The number of hydrogen-bond donors (Lipinski definition) is 0. The largest absolute Gasteiger partial charge is 0.466 e. The van der Waals surface area contributed by atoms with Crippen LogP contribution in [-0.4, -0.2) is 49.6 Å². The van der Waals surface area contributed by atoms with Gasteiger partial charge in [0.1, 0.15) is 0 Å². The van der Waals surface area contributed by atoms with Gasteiger partial charge in [-0.2, -0.15) is 0 Å². The van der Waals surface area contributed by atoms with Crippen molar-refractivity contribution < 1.29 is 14.3 Å². The van der Waals surface area contributed by atoms with E-state index in [1.165, 1.54) is 11.3 Å². The van der Waals surface area contributed by atoms with E-state index < -0.39 is 0 Å². The van der Waals surface area contributed by atoms with Crippen molar-refractivity contribution in [1.82, 2.24) is 4.90 Å². The van der Waals surface area contributed by atoms with E-state index in [4.69, 9.17) is 4.74 Å². The second-order valence-corrected chi connectivity index (χ2v) is 7.45. The Morgan fingerprint density at radius 3 is 2.12 bits per heavy atom. The second-order valence-electron chi connectivity index (χ2n) is 7.45. The van der Waals surface area contributed by atoms with Gasteiger partial charge in [-0.15, -0.1) is 0 Å². The normalized spacial score (nSPS) is 19.5. The van der Waals surface area contributed by atoms with E-state index in [1.54, 1.807) is 0 Å².